The van der Waals surface area contributed by atoms with E-state index in [-0.39, 0.29) is 18.5 Å². The molecule has 2 aromatic carbocycles. The van der Waals surface area contributed by atoms with Gasteiger partial charge in [0.15, 0.2) is 5.13 Å². The number of rotatable bonds is 5. The minimum atomic E-state index is -0.363. The summed E-state index contributed by atoms with van der Waals surface area (Å²) in [4.78, 5) is 31.2. The lowest BCUT2D eigenvalue weighted by atomic mass is 10.00. The molecule has 0 saturated heterocycles. The van der Waals surface area contributed by atoms with Gasteiger partial charge in [0.1, 0.15) is 6.61 Å². The number of amides is 1. The zero-order chi connectivity index (χ0) is 22.0. The topological polar surface area (TPSA) is 59.5 Å². The van der Waals surface area contributed by atoms with Gasteiger partial charge >= 0.3 is 5.97 Å². The van der Waals surface area contributed by atoms with E-state index in [0.717, 1.165) is 33.5 Å². The summed E-state index contributed by atoms with van der Waals surface area (Å²) < 4.78 is 5.52. The standard InChI is InChI=1S/C24H26N2O3S/c1-14-10-17(4)21(18(5)11-14)23(28)29-12-20-13-30-24(25-20)26(19(6)27)22-15(2)8-7-9-16(22)3/h7-11,13H,12H2,1-6H3. The van der Waals surface area contributed by atoms with E-state index in [4.69, 9.17) is 4.74 Å². The number of hydrogen-bond acceptors (Lipinski definition) is 5. The second-order valence-corrected chi connectivity index (χ2v) is 8.40. The number of esters is 1. The number of aryl methyl sites for hydroxylation is 5. The van der Waals surface area contributed by atoms with Crippen molar-refractivity contribution in [1.29, 1.82) is 0 Å². The van der Waals surface area contributed by atoms with E-state index in [1.165, 1.54) is 18.3 Å². The van der Waals surface area contributed by atoms with Crippen molar-refractivity contribution in [1.82, 2.24) is 4.98 Å². The van der Waals surface area contributed by atoms with E-state index in [9.17, 15) is 9.59 Å². The smallest absolute Gasteiger partial charge is 0.339 e. The van der Waals surface area contributed by atoms with Crippen LogP contribution in [0.25, 0.3) is 0 Å². The summed E-state index contributed by atoms with van der Waals surface area (Å²) in [6.45, 7) is 11.3. The quantitative estimate of drug-likeness (QED) is 0.493. The Labute approximate surface area is 181 Å². The predicted molar refractivity (Wildman–Crippen MR) is 121 cm³/mol. The first-order valence-electron chi connectivity index (χ1n) is 9.75. The number of ether oxygens (including phenoxy) is 1. The van der Waals surface area contributed by atoms with Crippen LogP contribution in [0, 0.1) is 34.6 Å². The van der Waals surface area contributed by atoms with Crippen LogP contribution in [0.2, 0.25) is 0 Å². The Kier molecular flexibility index (Phi) is 6.37. The van der Waals surface area contributed by atoms with Crippen molar-refractivity contribution in [2.75, 3.05) is 4.90 Å². The molecule has 0 aliphatic heterocycles. The summed E-state index contributed by atoms with van der Waals surface area (Å²) in [6, 6.07) is 9.86. The molecule has 0 saturated carbocycles. The number of carbonyl (C=O) groups is 2. The van der Waals surface area contributed by atoms with Gasteiger partial charge in [0, 0.05) is 12.3 Å². The molecule has 0 aliphatic carbocycles. The van der Waals surface area contributed by atoms with Crippen LogP contribution in [-0.2, 0) is 16.1 Å². The van der Waals surface area contributed by atoms with Crippen LogP contribution in [0.4, 0.5) is 10.8 Å². The van der Waals surface area contributed by atoms with Crippen molar-refractivity contribution >= 4 is 34.0 Å². The number of aromatic nitrogens is 1. The van der Waals surface area contributed by atoms with Crippen LogP contribution in [0.15, 0.2) is 35.7 Å². The molecule has 0 bridgehead atoms. The van der Waals surface area contributed by atoms with Gasteiger partial charge in [-0.05, 0) is 56.9 Å². The molecule has 0 fully saturated rings. The van der Waals surface area contributed by atoms with Gasteiger partial charge in [-0.2, -0.15) is 0 Å². The second-order valence-electron chi connectivity index (χ2n) is 7.57. The molecule has 1 amide bonds. The third-order valence-corrected chi connectivity index (χ3v) is 5.82. The van der Waals surface area contributed by atoms with Gasteiger partial charge in [-0.25, -0.2) is 9.78 Å². The predicted octanol–water partition coefficient (Wildman–Crippen LogP) is 5.73. The number of para-hydroxylation sites is 1. The Bertz CT molecular complexity index is 1070. The van der Waals surface area contributed by atoms with Crippen LogP contribution in [0.1, 0.15) is 50.8 Å². The number of nitrogens with zero attached hydrogens (tertiary/aromatic N) is 2. The Morgan fingerprint density at radius 1 is 1.00 bits per heavy atom. The van der Waals surface area contributed by atoms with Gasteiger partial charge in [-0.15, -0.1) is 11.3 Å². The van der Waals surface area contributed by atoms with Crippen LogP contribution in [0.5, 0.6) is 0 Å². The highest BCUT2D eigenvalue weighted by molar-refractivity contribution is 7.14. The summed E-state index contributed by atoms with van der Waals surface area (Å²) >= 11 is 1.36. The molecule has 6 heteroatoms. The molecule has 1 aromatic heterocycles. The van der Waals surface area contributed by atoms with E-state index >= 15 is 0 Å². The molecule has 5 nitrogen and oxygen atoms in total. The largest absolute Gasteiger partial charge is 0.456 e. The number of thiazole rings is 1. The van der Waals surface area contributed by atoms with E-state index in [2.05, 4.69) is 4.98 Å². The fourth-order valence-electron chi connectivity index (χ4n) is 3.73. The molecular weight excluding hydrogens is 396 g/mol. The van der Waals surface area contributed by atoms with Crippen molar-refractivity contribution in [3.05, 3.63) is 74.8 Å². The molecule has 0 atom stereocenters. The molecule has 0 aliphatic rings. The summed E-state index contributed by atoms with van der Waals surface area (Å²) in [5.74, 6) is -0.478. The molecule has 0 spiro atoms. The summed E-state index contributed by atoms with van der Waals surface area (Å²) in [7, 11) is 0. The highest BCUT2D eigenvalue weighted by atomic mass is 32.1. The molecule has 156 valence electrons. The van der Waals surface area contributed by atoms with E-state index in [1.807, 2.05) is 70.3 Å². The lowest BCUT2D eigenvalue weighted by Crippen LogP contribution is -2.24. The van der Waals surface area contributed by atoms with E-state index in [0.29, 0.717) is 16.4 Å². The van der Waals surface area contributed by atoms with Crippen LogP contribution >= 0.6 is 11.3 Å². The Hall–Kier alpha value is -2.99. The molecule has 0 unspecified atom stereocenters. The first kappa shape index (κ1) is 21.7. The average molecular weight is 423 g/mol. The highest BCUT2D eigenvalue weighted by Crippen LogP contribution is 2.34. The number of benzene rings is 2. The first-order valence-corrected chi connectivity index (χ1v) is 10.6. The van der Waals surface area contributed by atoms with Crippen molar-refractivity contribution < 1.29 is 14.3 Å². The zero-order valence-corrected chi connectivity index (χ0v) is 19.0. The fourth-order valence-corrected chi connectivity index (χ4v) is 4.58. The molecule has 3 aromatic rings. The Morgan fingerprint density at radius 2 is 1.60 bits per heavy atom. The van der Waals surface area contributed by atoms with E-state index < -0.39 is 0 Å². The van der Waals surface area contributed by atoms with Crippen molar-refractivity contribution in [3.8, 4) is 0 Å². The SMILES string of the molecule is CC(=O)N(c1nc(COC(=O)c2c(C)cc(C)cc2C)cs1)c1c(C)cccc1C. The van der Waals surface area contributed by atoms with Gasteiger partial charge in [-0.3, -0.25) is 9.69 Å². The highest BCUT2D eigenvalue weighted by Gasteiger charge is 2.22. The molecule has 30 heavy (non-hydrogen) atoms. The maximum atomic E-state index is 12.6. The zero-order valence-electron chi connectivity index (χ0n) is 18.2. The number of hydrogen-bond donors (Lipinski definition) is 0. The maximum Gasteiger partial charge on any atom is 0.339 e. The van der Waals surface area contributed by atoms with E-state index in [1.54, 1.807) is 4.90 Å². The third-order valence-electron chi connectivity index (χ3n) is 4.94. The minimum absolute atomic E-state index is 0.0561. The maximum absolute atomic E-state index is 12.6. The van der Waals surface area contributed by atoms with Crippen LogP contribution < -0.4 is 4.90 Å². The van der Waals surface area contributed by atoms with Gasteiger partial charge in [0.2, 0.25) is 5.91 Å². The molecule has 1 heterocycles. The Morgan fingerprint density at radius 3 is 2.17 bits per heavy atom. The molecule has 3 rings (SSSR count). The fraction of sp³-hybridized carbons (Fsp3) is 0.292. The molecule has 0 N–H and O–H groups in total. The minimum Gasteiger partial charge on any atom is -0.456 e. The third kappa shape index (κ3) is 4.44. The molecule has 0 radical (unpaired) electrons. The molecular formula is C24H26N2O3S. The lowest BCUT2D eigenvalue weighted by molar-refractivity contribution is -0.115. The number of anilines is 2. The van der Waals surface area contributed by atoms with Crippen molar-refractivity contribution in [3.63, 3.8) is 0 Å². The van der Waals surface area contributed by atoms with Crippen molar-refractivity contribution in [2.45, 2.75) is 48.1 Å². The normalized spacial score (nSPS) is 10.7. The number of carbonyl (C=O) groups excluding carboxylic acids is 2. The van der Waals surface area contributed by atoms with Gasteiger partial charge in [-0.1, -0.05) is 35.9 Å². The first-order chi connectivity index (χ1) is 14.2. The monoisotopic (exact) mass is 422 g/mol. The summed E-state index contributed by atoms with van der Waals surface area (Å²) in [5.41, 5.74) is 6.96. The second kappa shape index (κ2) is 8.79. The van der Waals surface area contributed by atoms with Gasteiger partial charge in [0.05, 0.1) is 16.9 Å². The van der Waals surface area contributed by atoms with Crippen molar-refractivity contribution in [2.24, 2.45) is 0 Å². The average Bonchev–Trinajstić information content (AvgIpc) is 3.10. The van der Waals surface area contributed by atoms with Crippen LogP contribution in [-0.4, -0.2) is 16.9 Å². The lowest BCUT2D eigenvalue weighted by Gasteiger charge is -2.22. The van der Waals surface area contributed by atoms with Gasteiger partial charge < -0.3 is 4.74 Å². The van der Waals surface area contributed by atoms with Crippen LogP contribution in [0.3, 0.4) is 0 Å². The van der Waals surface area contributed by atoms with Gasteiger partial charge in [0.25, 0.3) is 0 Å². The summed E-state index contributed by atoms with van der Waals surface area (Å²) in [6.07, 6.45) is 0. The Balaban J connectivity index is 1.81. The summed E-state index contributed by atoms with van der Waals surface area (Å²) in [5, 5.41) is 2.38.